The van der Waals surface area contributed by atoms with E-state index >= 15 is 0 Å². The lowest BCUT2D eigenvalue weighted by atomic mass is 10.2. The van der Waals surface area contributed by atoms with Crippen LogP contribution in [0.2, 0.25) is 0 Å². The number of methoxy groups -OCH3 is 1. The monoisotopic (exact) mass is 419 g/mol. The Labute approximate surface area is 176 Å². The van der Waals surface area contributed by atoms with Gasteiger partial charge in [0.2, 0.25) is 5.89 Å². The number of nitrogens with one attached hydrogen (secondary N) is 1. The highest BCUT2D eigenvalue weighted by molar-refractivity contribution is 5.92. The van der Waals surface area contributed by atoms with Crippen molar-refractivity contribution in [1.82, 2.24) is 4.98 Å². The third-order valence-electron chi connectivity index (χ3n) is 4.41. The van der Waals surface area contributed by atoms with E-state index < -0.39 is 10.8 Å². The smallest absolute Gasteiger partial charge is 0.310 e. The maximum atomic E-state index is 12.3. The van der Waals surface area contributed by atoms with Crippen molar-refractivity contribution in [2.75, 3.05) is 19.0 Å². The molecule has 9 nitrogen and oxygen atoms in total. The van der Waals surface area contributed by atoms with Crippen LogP contribution in [-0.2, 0) is 4.79 Å². The zero-order valence-electron chi connectivity index (χ0n) is 16.4. The van der Waals surface area contributed by atoms with E-state index in [1.54, 1.807) is 55.6 Å². The molecule has 0 bridgehead atoms. The standard InChI is InChI=1S/C22H17N3O6/c1-29-16-9-10-19-17(12-16)24-22(31-19)14-5-4-6-15(11-14)23-21(26)13-30-20-8-3-2-7-18(20)25(27)28/h2-12H,13H2,1H3,(H,23,26). The fourth-order valence-electron chi connectivity index (χ4n) is 2.96. The van der Waals surface area contributed by atoms with Crippen molar-refractivity contribution >= 4 is 28.4 Å². The van der Waals surface area contributed by atoms with Gasteiger partial charge < -0.3 is 19.2 Å². The van der Waals surface area contributed by atoms with E-state index in [9.17, 15) is 14.9 Å². The van der Waals surface area contributed by atoms with Crippen molar-refractivity contribution in [3.8, 4) is 23.0 Å². The molecule has 1 N–H and O–H groups in total. The van der Waals surface area contributed by atoms with E-state index in [0.717, 1.165) is 0 Å². The Balaban J connectivity index is 1.46. The van der Waals surface area contributed by atoms with Crippen LogP contribution >= 0.6 is 0 Å². The summed E-state index contributed by atoms with van der Waals surface area (Å²) < 4.78 is 16.3. The summed E-state index contributed by atoms with van der Waals surface area (Å²) in [5.41, 5.74) is 2.25. The number of amides is 1. The van der Waals surface area contributed by atoms with Gasteiger partial charge in [0, 0.05) is 23.4 Å². The summed E-state index contributed by atoms with van der Waals surface area (Å²) in [6.45, 7) is -0.377. The number of rotatable bonds is 7. The summed E-state index contributed by atoms with van der Waals surface area (Å²) in [6, 6.07) is 18.2. The molecule has 0 spiro atoms. The summed E-state index contributed by atoms with van der Waals surface area (Å²) >= 11 is 0. The first-order valence-corrected chi connectivity index (χ1v) is 9.24. The molecule has 0 aliphatic heterocycles. The molecular formula is C22H17N3O6. The Bertz CT molecular complexity index is 1270. The van der Waals surface area contributed by atoms with Gasteiger partial charge in [-0.1, -0.05) is 18.2 Å². The molecule has 1 amide bonds. The molecule has 0 aliphatic rings. The van der Waals surface area contributed by atoms with Crippen molar-refractivity contribution in [3.05, 3.63) is 76.8 Å². The number of hydrogen-bond donors (Lipinski definition) is 1. The second-order valence-corrected chi connectivity index (χ2v) is 6.50. The number of hydrogen-bond acceptors (Lipinski definition) is 7. The maximum absolute atomic E-state index is 12.3. The van der Waals surface area contributed by atoms with Crippen LogP contribution in [0.15, 0.2) is 71.1 Å². The van der Waals surface area contributed by atoms with Gasteiger partial charge in [0.25, 0.3) is 5.91 Å². The summed E-state index contributed by atoms with van der Waals surface area (Å²) in [5.74, 6) is 0.637. The molecular weight excluding hydrogens is 402 g/mol. The number of carbonyl (C=O) groups is 1. The van der Waals surface area contributed by atoms with Crippen molar-refractivity contribution < 1.29 is 23.6 Å². The number of para-hydroxylation sites is 2. The van der Waals surface area contributed by atoms with Crippen molar-refractivity contribution in [3.63, 3.8) is 0 Å². The third kappa shape index (κ3) is 4.45. The Morgan fingerprint density at radius 2 is 1.97 bits per heavy atom. The lowest BCUT2D eigenvalue weighted by molar-refractivity contribution is -0.385. The number of aromatic nitrogens is 1. The number of nitrogens with zero attached hydrogens (tertiary/aromatic N) is 2. The van der Waals surface area contributed by atoms with Crippen LogP contribution in [0.4, 0.5) is 11.4 Å². The Morgan fingerprint density at radius 1 is 1.13 bits per heavy atom. The number of nitro groups is 1. The molecule has 0 saturated heterocycles. The molecule has 1 heterocycles. The van der Waals surface area contributed by atoms with Crippen LogP contribution < -0.4 is 14.8 Å². The fraction of sp³-hybridized carbons (Fsp3) is 0.0909. The van der Waals surface area contributed by atoms with Crippen LogP contribution in [0, 0.1) is 10.1 Å². The molecule has 0 aliphatic carbocycles. The van der Waals surface area contributed by atoms with Crippen LogP contribution in [-0.4, -0.2) is 29.5 Å². The summed E-state index contributed by atoms with van der Waals surface area (Å²) in [4.78, 5) is 27.2. The van der Waals surface area contributed by atoms with Gasteiger partial charge in [-0.3, -0.25) is 14.9 Å². The molecule has 4 rings (SSSR count). The first kappa shape index (κ1) is 19.9. The van der Waals surface area contributed by atoms with E-state index in [2.05, 4.69) is 10.3 Å². The molecule has 0 atom stereocenters. The van der Waals surface area contributed by atoms with Gasteiger partial charge in [-0.05, 0) is 36.4 Å². The van der Waals surface area contributed by atoms with E-state index in [1.807, 2.05) is 0 Å². The van der Waals surface area contributed by atoms with E-state index in [-0.39, 0.29) is 18.0 Å². The minimum absolute atomic E-state index is 0.0262. The van der Waals surface area contributed by atoms with Crippen molar-refractivity contribution in [1.29, 1.82) is 0 Å². The third-order valence-corrected chi connectivity index (χ3v) is 4.41. The highest BCUT2D eigenvalue weighted by Gasteiger charge is 2.15. The molecule has 0 unspecified atom stereocenters. The van der Waals surface area contributed by atoms with Crippen LogP contribution in [0.25, 0.3) is 22.6 Å². The number of benzene rings is 3. The lowest BCUT2D eigenvalue weighted by Crippen LogP contribution is -2.20. The first-order valence-electron chi connectivity index (χ1n) is 9.24. The number of nitro benzene ring substituents is 1. The SMILES string of the molecule is COc1ccc2oc(-c3cccc(NC(=O)COc4ccccc4[N+](=O)[O-])c3)nc2c1. The van der Waals surface area contributed by atoms with Gasteiger partial charge in [-0.25, -0.2) is 4.98 Å². The van der Waals surface area contributed by atoms with Gasteiger partial charge >= 0.3 is 5.69 Å². The second kappa shape index (κ2) is 8.54. The Hall–Kier alpha value is -4.40. The molecule has 9 heteroatoms. The molecule has 31 heavy (non-hydrogen) atoms. The van der Waals surface area contributed by atoms with Gasteiger partial charge in [-0.2, -0.15) is 0 Å². The van der Waals surface area contributed by atoms with Crippen LogP contribution in [0.3, 0.4) is 0 Å². The topological polar surface area (TPSA) is 117 Å². The zero-order chi connectivity index (χ0) is 21.8. The summed E-state index contributed by atoms with van der Waals surface area (Å²) in [6.07, 6.45) is 0. The average Bonchev–Trinajstić information content (AvgIpc) is 3.21. The summed E-state index contributed by atoms with van der Waals surface area (Å²) in [5, 5.41) is 13.7. The molecule has 0 radical (unpaired) electrons. The molecule has 3 aromatic carbocycles. The van der Waals surface area contributed by atoms with Crippen LogP contribution in [0.5, 0.6) is 11.5 Å². The maximum Gasteiger partial charge on any atom is 0.310 e. The minimum atomic E-state index is -0.563. The number of carbonyl (C=O) groups excluding carboxylic acids is 1. The van der Waals surface area contributed by atoms with Gasteiger partial charge in [-0.15, -0.1) is 0 Å². The van der Waals surface area contributed by atoms with Crippen molar-refractivity contribution in [2.45, 2.75) is 0 Å². The van der Waals surface area contributed by atoms with E-state index in [0.29, 0.717) is 34.0 Å². The molecule has 4 aromatic rings. The number of oxazole rings is 1. The Morgan fingerprint density at radius 3 is 2.77 bits per heavy atom. The highest BCUT2D eigenvalue weighted by Crippen LogP contribution is 2.28. The second-order valence-electron chi connectivity index (χ2n) is 6.50. The largest absolute Gasteiger partial charge is 0.497 e. The van der Waals surface area contributed by atoms with Crippen LogP contribution in [0.1, 0.15) is 0 Å². The lowest BCUT2D eigenvalue weighted by Gasteiger charge is -2.08. The molecule has 0 saturated carbocycles. The van der Waals surface area contributed by atoms with Crippen molar-refractivity contribution in [2.24, 2.45) is 0 Å². The normalized spacial score (nSPS) is 10.6. The predicted octanol–water partition coefficient (Wildman–Crippen LogP) is 4.43. The number of fused-ring (bicyclic) bond motifs is 1. The first-order chi connectivity index (χ1) is 15.0. The molecule has 156 valence electrons. The van der Waals surface area contributed by atoms with Gasteiger partial charge in [0.15, 0.2) is 17.9 Å². The quantitative estimate of drug-likeness (QED) is 0.348. The minimum Gasteiger partial charge on any atom is -0.497 e. The fourth-order valence-corrected chi connectivity index (χ4v) is 2.96. The number of ether oxygens (including phenoxy) is 2. The van der Waals surface area contributed by atoms with Gasteiger partial charge in [0.05, 0.1) is 12.0 Å². The number of anilines is 1. The predicted molar refractivity (Wildman–Crippen MR) is 113 cm³/mol. The molecule has 1 aromatic heterocycles. The molecule has 0 fully saturated rings. The van der Waals surface area contributed by atoms with Gasteiger partial charge in [0.1, 0.15) is 11.3 Å². The highest BCUT2D eigenvalue weighted by atomic mass is 16.6. The van der Waals surface area contributed by atoms with E-state index in [1.165, 1.54) is 18.2 Å². The van der Waals surface area contributed by atoms with E-state index in [4.69, 9.17) is 13.9 Å². The summed E-state index contributed by atoms with van der Waals surface area (Å²) in [7, 11) is 1.58. The zero-order valence-corrected chi connectivity index (χ0v) is 16.4. The Kier molecular flexibility index (Phi) is 5.48. The average molecular weight is 419 g/mol.